The summed E-state index contributed by atoms with van der Waals surface area (Å²) in [5.41, 5.74) is 2.04. The van der Waals surface area contributed by atoms with Crippen molar-refractivity contribution in [2.24, 2.45) is 0 Å². The van der Waals surface area contributed by atoms with Crippen molar-refractivity contribution in [1.82, 2.24) is 0 Å². The maximum Gasteiger partial charge on any atom is 0.0831 e. The summed E-state index contributed by atoms with van der Waals surface area (Å²) < 4.78 is 0. The van der Waals surface area contributed by atoms with E-state index in [1.165, 1.54) is 0 Å². The van der Waals surface area contributed by atoms with Crippen LogP contribution in [0.1, 0.15) is 13.8 Å². The van der Waals surface area contributed by atoms with Gasteiger partial charge in [0, 0.05) is 0 Å². The second kappa shape index (κ2) is 7.40. The Morgan fingerprint density at radius 2 is 1.86 bits per heavy atom. The number of halogens is 1. The highest BCUT2D eigenvalue weighted by atomic mass is 35.5. The highest BCUT2D eigenvalue weighted by Crippen LogP contribution is 2.21. The monoisotopic (exact) mass is 208 g/mol. The first-order valence-electron chi connectivity index (χ1n) is 4.59. The summed E-state index contributed by atoms with van der Waals surface area (Å²) in [5.74, 6) is 0. The molecule has 0 nitrogen and oxygen atoms in total. The van der Waals surface area contributed by atoms with E-state index in [-0.39, 0.29) is 5.38 Å². The molecule has 0 aromatic heterocycles. The average molecular weight is 209 g/mol. The molecule has 1 atom stereocenters. The highest BCUT2D eigenvalue weighted by molar-refractivity contribution is 6.24. The average Bonchev–Trinajstić information content (AvgIpc) is 2.21. The fourth-order valence-corrected chi connectivity index (χ4v) is 1.46. The molecule has 0 aromatic rings. The lowest BCUT2D eigenvalue weighted by molar-refractivity contribution is 1.20. The van der Waals surface area contributed by atoms with E-state index in [1.807, 2.05) is 38.2 Å². The van der Waals surface area contributed by atoms with Crippen molar-refractivity contribution in [2.45, 2.75) is 19.2 Å². The molecule has 0 N–H and O–H groups in total. The molecule has 0 bridgehead atoms. The molecule has 1 heteroatoms. The summed E-state index contributed by atoms with van der Waals surface area (Å²) in [5, 5.41) is -0.147. The Balaban J connectivity index is 4.89. The van der Waals surface area contributed by atoms with Gasteiger partial charge in [0.05, 0.1) is 5.38 Å². The van der Waals surface area contributed by atoms with E-state index in [4.69, 9.17) is 11.6 Å². The van der Waals surface area contributed by atoms with Crippen LogP contribution in [-0.4, -0.2) is 5.38 Å². The summed E-state index contributed by atoms with van der Waals surface area (Å²) in [6.45, 7) is 11.3. The number of alkyl halides is 1. The molecule has 0 saturated carbocycles. The summed E-state index contributed by atoms with van der Waals surface area (Å²) in [7, 11) is 0. The number of allylic oxidation sites excluding steroid dienone is 8. The van der Waals surface area contributed by atoms with Crippen molar-refractivity contribution in [3.63, 3.8) is 0 Å². The van der Waals surface area contributed by atoms with Gasteiger partial charge in [0.25, 0.3) is 0 Å². The fourth-order valence-electron chi connectivity index (χ4n) is 1.10. The van der Waals surface area contributed by atoms with Crippen molar-refractivity contribution in [2.75, 3.05) is 0 Å². The van der Waals surface area contributed by atoms with Crippen molar-refractivity contribution < 1.29 is 0 Å². The predicted octanol–water partition coefficient (Wildman–Crippen LogP) is 4.41. The van der Waals surface area contributed by atoms with E-state index in [0.717, 1.165) is 11.1 Å². The molecular weight excluding hydrogens is 192 g/mol. The fraction of sp³-hybridized carbons (Fsp3) is 0.231. The van der Waals surface area contributed by atoms with Gasteiger partial charge in [-0.15, -0.1) is 11.6 Å². The van der Waals surface area contributed by atoms with Crippen LogP contribution in [0.15, 0.2) is 60.8 Å². The van der Waals surface area contributed by atoms with Gasteiger partial charge in [-0.25, -0.2) is 0 Å². The lowest BCUT2D eigenvalue weighted by Crippen LogP contribution is -2.03. The largest absolute Gasteiger partial charge is 0.113 e. The molecule has 0 fully saturated rings. The van der Waals surface area contributed by atoms with Gasteiger partial charge < -0.3 is 0 Å². The summed E-state index contributed by atoms with van der Waals surface area (Å²) in [6.07, 6.45) is 11.3. The smallest absolute Gasteiger partial charge is 0.0831 e. The van der Waals surface area contributed by atoms with Gasteiger partial charge >= 0.3 is 0 Å². The number of hydrogen-bond donors (Lipinski definition) is 0. The number of rotatable bonds is 5. The molecular formula is C13H17Cl. The zero-order valence-electron chi connectivity index (χ0n) is 8.83. The van der Waals surface area contributed by atoms with Gasteiger partial charge in [0.15, 0.2) is 0 Å². The van der Waals surface area contributed by atoms with Crippen LogP contribution >= 0.6 is 11.6 Å². The molecule has 14 heavy (non-hydrogen) atoms. The molecule has 0 saturated heterocycles. The van der Waals surface area contributed by atoms with Crippen LogP contribution in [0.5, 0.6) is 0 Å². The second-order valence-corrected chi connectivity index (χ2v) is 3.19. The predicted molar refractivity (Wildman–Crippen MR) is 66.7 cm³/mol. The normalized spacial score (nSPS) is 15.6. The zero-order chi connectivity index (χ0) is 11.0. The van der Waals surface area contributed by atoms with Crippen LogP contribution in [0, 0.1) is 0 Å². The van der Waals surface area contributed by atoms with Crippen molar-refractivity contribution >= 4 is 11.6 Å². The minimum atomic E-state index is -0.147. The summed E-state index contributed by atoms with van der Waals surface area (Å²) >= 11 is 6.26. The van der Waals surface area contributed by atoms with Crippen molar-refractivity contribution in [1.29, 1.82) is 0 Å². The first kappa shape index (κ1) is 13.0. The Hall–Kier alpha value is -1.01. The lowest BCUT2D eigenvalue weighted by atomic mass is 10.0. The molecule has 0 aliphatic rings. The molecule has 0 aliphatic carbocycles. The van der Waals surface area contributed by atoms with E-state index >= 15 is 0 Å². The van der Waals surface area contributed by atoms with Gasteiger partial charge in [-0.3, -0.25) is 0 Å². The number of hydrogen-bond acceptors (Lipinski definition) is 0. The molecule has 0 amide bonds. The van der Waals surface area contributed by atoms with Crippen molar-refractivity contribution in [3.05, 3.63) is 60.8 Å². The summed E-state index contributed by atoms with van der Waals surface area (Å²) in [4.78, 5) is 0. The van der Waals surface area contributed by atoms with Gasteiger partial charge in [-0.2, -0.15) is 0 Å². The van der Waals surface area contributed by atoms with Crippen LogP contribution < -0.4 is 0 Å². The van der Waals surface area contributed by atoms with Crippen LogP contribution in [0.3, 0.4) is 0 Å². The van der Waals surface area contributed by atoms with Crippen molar-refractivity contribution in [3.8, 4) is 0 Å². The molecule has 0 spiro atoms. The zero-order valence-corrected chi connectivity index (χ0v) is 9.59. The van der Waals surface area contributed by atoms with Gasteiger partial charge in [-0.05, 0) is 25.0 Å². The molecule has 0 aliphatic heterocycles. The van der Waals surface area contributed by atoms with Crippen LogP contribution in [-0.2, 0) is 0 Å². The molecule has 76 valence electrons. The van der Waals surface area contributed by atoms with Crippen LogP contribution in [0.2, 0.25) is 0 Å². The van der Waals surface area contributed by atoms with E-state index in [2.05, 4.69) is 13.2 Å². The topological polar surface area (TPSA) is 0 Å². The van der Waals surface area contributed by atoms with E-state index in [0.29, 0.717) is 0 Å². The highest BCUT2D eigenvalue weighted by Gasteiger charge is 2.10. The Bertz CT molecular complexity index is 280. The van der Waals surface area contributed by atoms with Gasteiger partial charge in [0.1, 0.15) is 0 Å². The van der Waals surface area contributed by atoms with E-state index in [1.54, 1.807) is 12.2 Å². The maximum absolute atomic E-state index is 6.26. The Labute approximate surface area is 92.0 Å². The van der Waals surface area contributed by atoms with Gasteiger partial charge in [0.2, 0.25) is 0 Å². The third-order valence-electron chi connectivity index (χ3n) is 1.82. The minimum absolute atomic E-state index is 0.147. The lowest BCUT2D eigenvalue weighted by Gasteiger charge is -2.11. The molecule has 1 unspecified atom stereocenters. The second-order valence-electron chi connectivity index (χ2n) is 2.76. The quantitative estimate of drug-likeness (QED) is 0.464. The van der Waals surface area contributed by atoms with E-state index < -0.39 is 0 Å². The summed E-state index contributed by atoms with van der Waals surface area (Å²) in [6, 6.07) is 0. The third kappa shape index (κ3) is 3.80. The third-order valence-corrected chi connectivity index (χ3v) is 2.33. The van der Waals surface area contributed by atoms with Crippen LogP contribution in [0.25, 0.3) is 0 Å². The first-order valence-corrected chi connectivity index (χ1v) is 5.02. The Kier molecular flexibility index (Phi) is 6.87. The SMILES string of the molecule is C=C/C=C(\C=C)C(Cl)C(/C=C\C)=C/C. The van der Waals surface area contributed by atoms with E-state index in [9.17, 15) is 0 Å². The standard InChI is InChI=1S/C13H17Cl/c1-5-9-11(7-3)13(14)12(8-4)10-6-2/h5-10,13H,1,3H2,2,4H3/b10-6-,11-9+,12-8+. The first-order chi connectivity index (χ1) is 6.71. The van der Waals surface area contributed by atoms with Crippen LogP contribution in [0.4, 0.5) is 0 Å². The Morgan fingerprint density at radius 1 is 1.21 bits per heavy atom. The van der Waals surface area contributed by atoms with Gasteiger partial charge in [-0.1, -0.05) is 49.6 Å². The maximum atomic E-state index is 6.26. The minimum Gasteiger partial charge on any atom is -0.113 e. The Morgan fingerprint density at radius 3 is 2.21 bits per heavy atom. The molecule has 0 aromatic carbocycles. The molecule has 0 radical (unpaired) electrons. The molecule has 0 rings (SSSR count). The molecule has 0 heterocycles.